The molecule has 5 atom stereocenters. The molecule has 12 heteroatoms. The summed E-state index contributed by atoms with van der Waals surface area (Å²) in [5.41, 5.74) is 5.67. The van der Waals surface area contributed by atoms with Crippen molar-refractivity contribution in [2.24, 2.45) is 5.73 Å². The molecule has 0 aromatic carbocycles. The normalized spacial score (nSPS) is 24.0. The highest BCUT2D eigenvalue weighted by Crippen LogP contribution is 2.44. The van der Waals surface area contributed by atoms with Crippen LogP contribution in [-0.2, 0) is 38.3 Å². The van der Waals surface area contributed by atoms with E-state index in [4.69, 9.17) is 29.2 Å². The maximum atomic E-state index is 11.4. The summed E-state index contributed by atoms with van der Waals surface area (Å²) in [4.78, 5) is 11.4. The fourth-order valence-electron chi connectivity index (χ4n) is 6.11. The van der Waals surface area contributed by atoms with Crippen LogP contribution in [0.25, 0.3) is 0 Å². The highest BCUT2D eigenvalue weighted by Gasteiger charge is 2.52. The van der Waals surface area contributed by atoms with Crippen LogP contribution in [0, 0.1) is 0 Å². The van der Waals surface area contributed by atoms with Crippen molar-refractivity contribution in [1.82, 2.24) is 0 Å². The Kier molecular flexibility index (Phi) is 20.7. The van der Waals surface area contributed by atoms with Crippen LogP contribution in [0.5, 0.6) is 0 Å². The molecule has 0 radical (unpaired) electrons. The average Bonchev–Trinajstić information content (AvgIpc) is 3.30. The lowest BCUT2D eigenvalue weighted by atomic mass is 9.94. The van der Waals surface area contributed by atoms with E-state index in [1.807, 2.05) is 6.08 Å². The van der Waals surface area contributed by atoms with Crippen molar-refractivity contribution in [1.29, 1.82) is 0 Å². The number of aliphatic hydroxyl groups is 1. The molecule has 0 spiro atoms. The van der Waals surface area contributed by atoms with Gasteiger partial charge in [0.15, 0.2) is 5.79 Å². The highest BCUT2D eigenvalue weighted by molar-refractivity contribution is 7.80. The molecular weight excluding hydrogens is 602 g/mol. The van der Waals surface area contributed by atoms with Crippen LogP contribution in [0.2, 0.25) is 0 Å². The van der Waals surface area contributed by atoms with Crippen molar-refractivity contribution in [3.63, 3.8) is 0 Å². The van der Waals surface area contributed by atoms with Crippen LogP contribution >= 0.6 is 0 Å². The first-order chi connectivity index (χ1) is 21.6. The first-order valence-corrected chi connectivity index (χ1v) is 18.8. The molecule has 0 aromatic heterocycles. The van der Waals surface area contributed by atoms with Crippen molar-refractivity contribution < 1.29 is 46.0 Å². The maximum absolute atomic E-state index is 11.4. The Hall–Kier alpha value is -1.12. The number of esters is 1. The van der Waals surface area contributed by atoms with Gasteiger partial charge < -0.3 is 29.8 Å². The first kappa shape index (κ1) is 40.1. The minimum atomic E-state index is -4.45. The van der Waals surface area contributed by atoms with Gasteiger partial charge in [0, 0.05) is 25.5 Å². The van der Waals surface area contributed by atoms with Crippen LogP contribution in [0.3, 0.4) is 0 Å². The molecule has 45 heavy (non-hydrogen) atoms. The van der Waals surface area contributed by atoms with E-state index in [1.54, 1.807) is 6.92 Å². The quantitative estimate of drug-likeness (QED) is 0.0394. The van der Waals surface area contributed by atoms with Gasteiger partial charge in [0.1, 0.15) is 6.10 Å². The third-order valence-electron chi connectivity index (χ3n) is 8.54. The van der Waals surface area contributed by atoms with Gasteiger partial charge in [0.25, 0.3) is 0 Å². The Morgan fingerprint density at radius 2 is 1.56 bits per heavy atom. The molecule has 0 aromatic rings. The zero-order valence-electron chi connectivity index (χ0n) is 27.6. The zero-order valence-corrected chi connectivity index (χ0v) is 28.4. The van der Waals surface area contributed by atoms with E-state index in [0.717, 1.165) is 64.2 Å². The Bertz CT molecular complexity index is 917. The van der Waals surface area contributed by atoms with Gasteiger partial charge in [-0.05, 0) is 45.4 Å². The molecule has 0 saturated carbocycles. The minimum absolute atomic E-state index is 0.0503. The molecule has 264 valence electrons. The van der Waals surface area contributed by atoms with E-state index >= 15 is 0 Å². The summed E-state index contributed by atoms with van der Waals surface area (Å²) in [5, 5.41) is 10.5. The minimum Gasteiger partial charge on any atom is -0.463 e. The van der Waals surface area contributed by atoms with E-state index in [2.05, 4.69) is 4.18 Å². The van der Waals surface area contributed by atoms with Crippen LogP contribution in [0.1, 0.15) is 135 Å². The lowest BCUT2D eigenvalue weighted by Crippen LogP contribution is -2.41. The third kappa shape index (κ3) is 18.7. The number of unbranched alkanes of at least 4 members (excludes halogenated alkanes) is 14. The van der Waals surface area contributed by atoms with E-state index in [-0.39, 0.29) is 31.4 Å². The molecule has 2 saturated heterocycles. The smallest absolute Gasteiger partial charge is 0.397 e. The summed E-state index contributed by atoms with van der Waals surface area (Å²) in [6.07, 6.45) is 24.4. The molecule has 0 aliphatic carbocycles. The molecule has 0 amide bonds. The number of carbonyl (C=O) groups is 1. The molecule has 2 aliphatic rings. The maximum Gasteiger partial charge on any atom is 0.397 e. The number of ether oxygens (including phenoxy) is 4. The Balaban J connectivity index is 1.39. The van der Waals surface area contributed by atoms with Gasteiger partial charge in [-0.25, -0.2) is 8.98 Å². The molecule has 2 bridgehead atoms. The zero-order chi connectivity index (χ0) is 32.8. The topological polar surface area (TPSA) is 164 Å². The van der Waals surface area contributed by atoms with Gasteiger partial charge in [-0.3, -0.25) is 4.55 Å². The number of hydrogen-bond donors (Lipinski definition) is 3. The predicted octanol–water partition coefficient (Wildman–Crippen LogP) is 5.93. The molecular formula is C33H61NO10S. The Labute approximate surface area is 271 Å². The second-order valence-corrected chi connectivity index (χ2v) is 13.7. The summed E-state index contributed by atoms with van der Waals surface area (Å²) >= 11 is 0. The van der Waals surface area contributed by atoms with Crippen molar-refractivity contribution in [2.75, 3.05) is 26.4 Å². The molecule has 2 aliphatic heterocycles. The summed E-state index contributed by atoms with van der Waals surface area (Å²) in [5.74, 6) is -0.803. The molecule has 2 fully saturated rings. The van der Waals surface area contributed by atoms with Gasteiger partial charge in [0.2, 0.25) is 0 Å². The largest absolute Gasteiger partial charge is 0.463 e. The summed E-state index contributed by atoms with van der Waals surface area (Å²) < 4.78 is 56.9. The fraction of sp³-hybridized carbons (Fsp3) is 0.909. The van der Waals surface area contributed by atoms with Crippen molar-refractivity contribution in [2.45, 2.75) is 165 Å². The van der Waals surface area contributed by atoms with E-state index in [9.17, 15) is 18.3 Å². The number of allylic oxidation sites excluding steroid dienone is 1. The monoisotopic (exact) mass is 663 g/mol. The van der Waals surface area contributed by atoms with Crippen LogP contribution in [0.4, 0.5) is 0 Å². The first-order valence-electron chi connectivity index (χ1n) is 17.5. The molecule has 4 N–H and O–H groups in total. The molecule has 2 heterocycles. The van der Waals surface area contributed by atoms with Gasteiger partial charge in [-0.15, -0.1) is 0 Å². The van der Waals surface area contributed by atoms with E-state index in [0.29, 0.717) is 13.2 Å². The predicted molar refractivity (Wildman–Crippen MR) is 173 cm³/mol. The number of rotatable bonds is 28. The standard InChI is InChI=1S/C33H61NO10S/c1-2-41-31(36)21-17-13-12-16-20-30-32-29(35)22-24-33(43-30,44-32)23-18-14-10-8-6-4-3-5-7-9-11-15-19-25-40-26-28(34)27-42-45(37,38)39/h17,21,28-30,32,35H,2-16,18-20,22-27,34H2,1H3,(H,37,38,39). The summed E-state index contributed by atoms with van der Waals surface area (Å²) in [6.45, 7) is 2.69. The summed E-state index contributed by atoms with van der Waals surface area (Å²) in [6, 6.07) is -0.584. The Morgan fingerprint density at radius 1 is 0.933 bits per heavy atom. The highest BCUT2D eigenvalue weighted by atomic mass is 32.3. The van der Waals surface area contributed by atoms with Gasteiger partial charge >= 0.3 is 16.4 Å². The van der Waals surface area contributed by atoms with Gasteiger partial charge in [-0.1, -0.05) is 83.1 Å². The van der Waals surface area contributed by atoms with Crippen molar-refractivity contribution >= 4 is 16.4 Å². The number of carbonyl (C=O) groups excluding carboxylic acids is 1. The molecule has 11 nitrogen and oxygen atoms in total. The van der Waals surface area contributed by atoms with E-state index < -0.39 is 28.3 Å². The van der Waals surface area contributed by atoms with Crippen LogP contribution in [0.15, 0.2) is 12.2 Å². The lowest BCUT2D eigenvalue weighted by molar-refractivity contribution is -0.214. The SMILES string of the molecule is CCOC(=O)C=CCCCCC1OC2(CCCCCCCCCCCCCCCOCC(N)COS(=O)(=O)O)CCC(O)C1O2. The van der Waals surface area contributed by atoms with Gasteiger partial charge in [0.05, 0.1) is 38.1 Å². The van der Waals surface area contributed by atoms with Gasteiger partial charge in [-0.2, -0.15) is 8.42 Å². The fourth-order valence-corrected chi connectivity index (χ4v) is 6.46. The number of hydrogen-bond acceptors (Lipinski definition) is 10. The van der Waals surface area contributed by atoms with E-state index in [1.165, 1.54) is 70.3 Å². The Morgan fingerprint density at radius 3 is 2.18 bits per heavy atom. The average molecular weight is 664 g/mol. The summed E-state index contributed by atoms with van der Waals surface area (Å²) in [7, 11) is -4.45. The third-order valence-corrected chi connectivity index (χ3v) is 8.98. The number of aliphatic hydroxyl groups excluding tert-OH is 1. The number of fused-ring (bicyclic) bond motifs is 2. The van der Waals surface area contributed by atoms with Crippen molar-refractivity contribution in [3.8, 4) is 0 Å². The molecule has 5 unspecified atom stereocenters. The lowest BCUT2D eigenvalue weighted by Gasteiger charge is -2.33. The number of nitrogens with two attached hydrogens (primary N) is 1. The van der Waals surface area contributed by atoms with Crippen molar-refractivity contribution in [3.05, 3.63) is 12.2 Å². The second kappa shape index (κ2) is 23.2. The molecule has 2 rings (SSSR count). The van der Waals surface area contributed by atoms with Crippen LogP contribution < -0.4 is 5.73 Å². The second-order valence-electron chi connectivity index (χ2n) is 12.6. The van der Waals surface area contributed by atoms with Crippen LogP contribution in [-0.4, -0.2) is 80.6 Å².